The second-order valence-corrected chi connectivity index (χ2v) is 7.97. The van der Waals surface area contributed by atoms with E-state index in [4.69, 9.17) is 0 Å². The predicted octanol–water partition coefficient (Wildman–Crippen LogP) is 3.72. The van der Waals surface area contributed by atoms with E-state index in [2.05, 4.69) is 69.4 Å². The van der Waals surface area contributed by atoms with E-state index in [1.54, 1.807) is 0 Å². The average Bonchev–Trinajstić information content (AvgIpc) is 2.93. The molecule has 4 nitrogen and oxygen atoms in total. The molecule has 1 aromatic carbocycles. The third-order valence-corrected chi connectivity index (χ3v) is 6.18. The quantitative estimate of drug-likeness (QED) is 0.766. The van der Waals surface area contributed by atoms with Gasteiger partial charge in [0.2, 0.25) is 5.91 Å². The molecule has 0 saturated heterocycles. The Morgan fingerprint density at radius 3 is 3.08 bits per heavy atom. The Kier molecular flexibility index (Phi) is 4.46. The first kappa shape index (κ1) is 16.9. The number of benzene rings is 1. The summed E-state index contributed by atoms with van der Waals surface area (Å²) in [6.45, 7) is 3.69. The zero-order chi connectivity index (χ0) is 17.6. The van der Waals surface area contributed by atoms with Gasteiger partial charge in [-0.1, -0.05) is 31.6 Å². The van der Waals surface area contributed by atoms with Gasteiger partial charge in [0.1, 0.15) is 0 Å². The van der Waals surface area contributed by atoms with Gasteiger partial charge in [0.25, 0.3) is 0 Å². The number of nitrogens with one attached hydrogen (secondary N) is 2. The molecule has 132 valence electrons. The van der Waals surface area contributed by atoms with Gasteiger partial charge < -0.3 is 10.3 Å². The van der Waals surface area contributed by atoms with E-state index >= 15 is 0 Å². The van der Waals surface area contributed by atoms with Gasteiger partial charge in [0.15, 0.2) is 0 Å². The third-order valence-electron chi connectivity index (χ3n) is 5.51. The van der Waals surface area contributed by atoms with E-state index in [0.717, 1.165) is 42.5 Å². The summed E-state index contributed by atoms with van der Waals surface area (Å²) in [5, 5.41) is 4.40. The molecule has 1 amide bonds. The number of rotatable bonds is 4. The molecule has 0 spiro atoms. The van der Waals surface area contributed by atoms with Crippen LogP contribution in [0.1, 0.15) is 30.9 Å². The summed E-state index contributed by atoms with van der Waals surface area (Å²) in [5.41, 5.74) is 5.08. The number of amides is 1. The largest absolute Gasteiger partial charge is 0.356 e. The van der Waals surface area contributed by atoms with Gasteiger partial charge in [0.05, 0.1) is 10.5 Å². The van der Waals surface area contributed by atoms with E-state index < -0.39 is 0 Å². The fourth-order valence-electron chi connectivity index (χ4n) is 4.18. The standard InChI is InChI=1S/C20H24BrN3O/c1-3-4-8-22-20(25)12-9-14-13-6-5-7-16-18(13)15(19(21)23-16)10-17(14)24(2)11-12/h5-7,9,12,17,23H,3-4,8,10-11H2,1-2H3,(H,22,25). The molecule has 25 heavy (non-hydrogen) atoms. The van der Waals surface area contributed by atoms with E-state index in [1.165, 1.54) is 22.1 Å². The van der Waals surface area contributed by atoms with Gasteiger partial charge in [-0.3, -0.25) is 9.69 Å². The van der Waals surface area contributed by atoms with Crippen LogP contribution < -0.4 is 5.32 Å². The zero-order valence-electron chi connectivity index (χ0n) is 14.7. The second-order valence-electron chi connectivity index (χ2n) is 7.18. The lowest BCUT2D eigenvalue weighted by atomic mass is 9.80. The molecule has 0 radical (unpaired) electrons. The molecule has 2 atom stereocenters. The van der Waals surface area contributed by atoms with Crippen LogP contribution in [-0.4, -0.2) is 42.0 Å². The summed E-state index contributed by atoms with van der Waals surface area (Å²) in [7, 11) is 2.13. The van der Waals surface area contributed by atoms with Gasteiger partial charge in [-0.05, 0) is 58.6 Å². The first-order chi connectivity index (χ1) is 12.1. The van der Waals surface area contributed by atoms with Gasteiger partial charge in [-0.25, -0.2) is 0 Å². The maximum absolute atomic E-state index is 12.6. The van der Waals surface area contributed by atoms with Crippen LogP contribution in [0.5, 0.6) is 0 Å². The van der Waals surface area contributed by atoms with Gasteiger partial charge in [0, 0.05) is 30.0 Å². The number of carbonyl (C=O) groups is 1. The van der Waals surface area contributed by atoms with Crippen molar-refractivity contribution in [2.75, 3.05) is 20.1 Å². The smallest absolute Gasteiger partial charge is 0.228 e. The fraction of sp³-hybridized carbons (Fsp3) is 0.450. The highest BCUT2D eigenvalue weighted by atomic mass is 79.9. The van der Waals surface area contributed by atoms with E-state index in [-0.39, 0.29) is 11.8 Å². The topological polar surface area (TPSA) is 48.1 Å². The van der Waals surface area contributed by atoms with E-state index in [1.807, 2.05) is 0 Å². The number of hydrogen-bond acceptors (Lipinski definition) is 2. The Morgan fingerprint density at radius 1 is 1.44 bits per heavy atom. The van der Waals surface area contributed by atoms with Crippen LogP contribution in [0.2, 0.25) is 0 Å². The molecule has 2 aromatic rings. The summed E-state index contributed by atoms with van der Waals surface area (Å²) in [6.07, 6.45) is 5.32. The average molecular weight is 402 g/mol. The molecule has 1 aromatic heterocycles. The molecule has 0 fully saturated rings. The number of fused-ring (bicyclic) bond motifs is 2. The van der Waals surface area contributed by atoms with Crippen LogP contribution in [0.3, 0.4) is 0 Å². The number of unbranched alkanes of at least 4 members (excludes halogenated alkanes) is 1. The number of aromatic amines is 1. The number of aromatic nitrogens is 1. The number of H-pyrrole nitrogens is 1. The maximum Gasteiger partial charge on any atom is 0.228 e. The molecule has 2 unspecified atom stereocenters. The molecule has 1 aliphatic heterocycles. The Morgan fingerprint density at radius 2 is 2.28 bits per heavy atom. The van der Waals surface area contributed by atoms with Crippen molar-refractivity contribution in [2.24, 2.45) is 5.92 Å². The van der Waals surface area contributed by atoms with Crippen LogP contribution in [0, 0.1) is 5.92 Å². The normalized spacial score (nSPS) is 22.6. The van der Waals surface area contributed by atoms with Crippen molar-refractivity contribution in [3.8, 4) is 0 Å². The lowest BCUT2D eigenvalue weighted by Gasteiger charge is -2.39. The highest BCUT2D eigenvalue weighted by molar-refractivity contribution is 9.10. The van der Waals surface area contributed by atoms with Gasteiger partial charge in [-0.15, -0.1) is 0 Å². The van der Waals surface area contributed by atoms with Crippen LogP contribution >= 0.6 is 15.9 Å². The zero-order valence-corrected chi connectivity index (χ0v) is 16.3. The highest BCUT2D eigenvalue weighted by Crippen LogP contribution is 2.43. The number of nitrogens with zero attached hydrogens (tertiary/aromatic N) is 1. The van der Waals surface area contributed by atoms with Gasteiger partial charge in [-0.2, -0.15) is 0 Å². The SMILES string of the molecule is CCCCNC(=O)C1C=C2c3cccc4[nH]c(Br)c(c34)CC2N(C)C1. The van der Waals surface area contributed by atoms with E-state index in [0.29, 0.717) is 6.04 Å². The predicted molar refractivity (Wildman–Crippen MR) is 106 cm³/mol. The van der Waals surface area contributed by atoms with Crippen molar-refractivity contribution in [3.63, 3.8) is 0 Å². The van der Waals surface area contributed by atoms with Crippen molar-refractivity contribution in [1.82, 2.24) is 15.2 Å². The maximum atomic E-state index is 12.6. The molecule has 2 heterocycles. The molecule has 2 N–H and O–H groups in total. The first-order valence-corrected chi connectivity index (χ1v) is 9.88. The van der Waals surface area contributed by atoms with Crippen LogP contribution in [0.15, 0.2) is 28.9 Å². The van der Waals surface area contributed by atoms with Crippen molar-refractivity contribution >= 4 is 38.3 Å². The highest BCUT2D eigenvalue weighted by Gasteiger charge is 2.36. The molecule has 1 aliphatic carbocycles. The number of carbonyl (C=O) groups excluding carboxylic acids is 1. The summed E-state index contributed by atoms with van der Waals surface area (Å²) < 4.78 is 1.09. The monoisotopic (exact) mass is 401 g/mol. The summed E-state index contributed by atoms with van der Waals surface area (Å²) >= 11 is 3.69. The number of likely N-dealkylation sites (N-methyl/N-ethyl adjacent to an activating group) is 1. The third kappa shape index (κ3) is 2.83. The molecular formula is C20H24BrN3O. The Balaban J connectivity index is 1.73. The van der Waals surface area contributed by atoms with E-state index in [9.17, 15) is 4.79 Å². The minimum Gasteiger partial charge on any atom is -0.356 e. The number of hydrogen-bond donors (Lipinski definition) is 2. The second kappa shape index (κ2) is 6.61. The fourth-order valence-corrected chi connectivity index (χ4v) is 4.75. The van der Waals surface area contributed by atoms with Crippen LogP contribution in [0.4, 0.5) is 0 Å². The van der Waals surface area contributed by atoms with Gasteiger partial charge >= 0.3 is 0 Å². The molecule has 0 bridgehead atoms. The Labute approximate surface area is 156 Å². The molecule has 2 aliphatic rings. The summed E-state index contributed by atoms with van der Waals surface area (Å²) in [6, 6.07) is 6.74. The van der Waals surface area contributed by atoms with Crippen molar-refractivity contribution in [3.05, 3.63) is 40.0 Å². The van der Waals surface area contributed by atoms with Crippen molar-refractivity contribution in [2.45, 2.75) is 32.2 Å². The Bertz CT molecular complexity index is 854. The summed E-state index contributed by atoms with van der Waals surface area (Å²) in [4.78, 5) is 18.4. The Hall–Kier alpha value is -1.59. The molecule has 4 rings (SSSR count). The van der Waals surface area contributed by atoms with Crippen molar-refractivity contribution < 1.29 is 4.79 Å². The molecular weight excluding hydrogens is 378 g/mol. The van der Waals surface area contributed by atoms with Crippen LogP contribution in [0.25, 0.3) is 16.5 Å². The lowest BCUT2D eigenvalue weighted by molar-refractivity contribution is -0.124. The first-order valence-electron chi connectivity index (χ1n) is 9.09. The lowest BCUT2D eigenvalue weighted by Crippen LogP contribution is -2.46. The minimum absolute atomic E-state index is 0.0766. The molecule has 0 saturated carbocycles. The summed E-state index contributed by atoms with van der Waals surface area (Å²) in [5.74, 6) is 0.0757. The van der Waals surface area contributed by atoms with Crippen molar-refractivity contribution in [1.29, 1.82) is 0 Å². The minimum atomic E-state index is -0.0766. The van der Waals surface area contributed by atoms with Crippen LogP contribution in [-0.2, 0) is 11.2 Å². The molecule has 5 heteroatoms. The number of halogens is 1.